The maximum Gasteiger partial charge on any atom is 0.425 e. The number of amidine groups is 1. The second kappa shape index (κ2) is 8.25. The molecule has 0 aliphatic rings. The van der Waals surface area contributed by atoms with Crippen LogP contribution < -0.4 is 11.3 Å². The summed E-state index contributed by atoms with van der Waals surface area (Å²) in [5, 5.41) is 4.46. The van der Waals surface area contributed by atoms with E-state index in [1.54, 1.807) is 0 Å². The molecular weight excluding hydrogens is 294 g/mol. The first-order valence-electron chi connectivity index (χ1n) is 5.64. The highest BCUT2D eigenvalue weighted by Gasteiger charge is 2.39. The van der Waals surface area contributed by atoms with Gasteiger partial charge in [0.1, 0.15) is 0 Å². The van der Waals surface area contributed by atoms with Crippen LogP contribution in [0.3, 0.4) is 0 Å². The van der Waals surface area contributed by atoms with Gasteiger partial charge in [-0.2, -0.15) is 13.2 Å². The second-order valence-corrected chi connectivity index (χ2v) is 3.70. The van der Waals surface area contributed by atoms with E-state index in [1.165, 1.54) is 20.3 Å². The summed E-state index contributed by atoms with van der Waals surface area (Å²) < 4.78 is 55.6. The molecule has 3 N–H and O–H groups in total. The summed E-state index contributed by atoms with van der Waals surface area (Å²) in [7, 11) is 2.61. The summed E-state index contributed by atoms with van der Waals surface area (Å²) in [6.45, 7) is 3.87. The number of halogens is 4. The third-order valence-electron chi connectivity index (χ3n) is 2.08. The van der Waals surface area contributed by atoms with Gasteiger partial charge in [0.25, 0.3) is 0 Å². The lowest BCUT2D eigenvalue weighted by Crippen LogP contribution is -2.35. The topological polar surface area (TPSA) is 75.2 Å². The van der Waals surface area contributed by atoms with Crippen molar-refractivity contribution in [3.63, 3.8) is 0 Å². The highest BCUT2D eigenvalue weighted by atomic mass is 19.4. The maximum absolute atomic E-state index is 13.6. The Hall–Kier alpha value is -2.10. The van der Waals surface area contributed by atoms with Crippen molar-refractivity contribution < 1.29 is 22.3 Å². The van der Waals surface area contributed by atoms with Gasteiger partial charge in [-0.05, 0) is 13.0 Å². The number of hydrazine groups is 1. The van der Waals surface area contributed by atoms with Crippen LogP contribution in [-0.4, -0.2) is 43.4 Å². The third kappa shape index (κ3) is 6.25. The summed E-state index contributed by atoms with van der Waals surface area (Å²) in [6.07, 6.45) is -5.00. The van der Waals surface area contributed by atoms with Crippen LogP contribution in [0.2, 0.25) is 0 Å². The van der Waals surface area contributed by atoms with Crippen molar-refractivity contribution in [3.8, 4) is 0 Å². The number of hydrazone groups is 1. The third-order valence-corrected chi connectivity index (χ3v) is 2.08. The van der Waals surface area contributed by atoms with Crippen LogP contribution in [0.25, 0.3) is 0 Å². The molecule has 0 heterocycles. The van der Waals surface area contributed by atoms with E-state index in [1.807, 2.05) is 0 Å². The number of aliphatic imine (C=N–C) groups is 1. The van der Waals surface area contributed by atoms with Gasteiger partial charge in [0, 0.05) is 14.1 Å². The van der Waals surface area contributed by atoms with Crippen molar-refractivity contribution in [1.82, 2.24) is 10.4 Å². The molecule has 0 bridgehead atoms. The Balaban J connectivity index is 5.42. The molecule has 10 heteroatoms. The first-order chi connectivity index (χ1) is 9.67. The zero-order valence-corrected chi connectivity index (χ0v) is 11.8. The summed E-state index contributed by atoms with van der Waals surface area (Å²) in [5.41, 5.74) is 2.14. The molecule has 0 aromatic rings. The quantitative estimate of drug-likeness (QED) is 0.149. The molecule has 0 saturated carbocycles. The van der Waals surface area contributed by atoms with E-state index in [9.17, 15) is 17.6 Å². The van der Waals surface area contributed by atoms with Crippen LogP contribution in [0.4, 0.5) is 17.6 Å². The number of hydrogen-bond acceptors (Lipinski definition) is 5. The van der Waals surface area contributed by atoms with Crippen molar-refractivity contribution in [2.24, 2.45) is 15.9 Å². The lowest BCUT2D eigenvalue weighted by Gasteiger charge is -2.24. The predicted octanol–water partition coefficient (Wildman–Crippen LogP) is 1.69. The lowest BCUT2D eigenvalue weighted by molar-refractivity contribution is -0.209. The second-order valence-electron chi connectivity index (χ2n) is 3.70. The van der Waals surface area contributed by atoms with Crippen molar-refractivity contribution >= 4 is 12.1 Å². The number of nitrogens with two attached hydrogens (primary N) is 1. The number of allylic oxidation sites excluding steroid dienone is 2. The average molecular weight is 311 g/mol. The lowest BCUT2D eigenvalue weighted by atomic mass is 10.4. The number of nitrogens with one attached hydrogen (secondary N) is 1. The van der Waals surface area contributed by atoms with E-state index in [4.69, 9.17) is 5.84 Å². The Labute approximate surface area is 119 Å². The van der Waals surface area contributed by atoms with E-state index in [0.29, 0.717) is 6.08 Å². The van der Waals surface area contributed by atoms with Crippen LogP contribution in [0.1, 0.15) is 6.92 Å². The van der Waals surface area contributed by atoms with Crippen molar-refractivity contribution in [2.45, 2.75) is 19.2 Å². The maximum atomic E-state index is 13.6. The van der Waals surface area contributed by atoms with Gasteiger partial charge < -0.3 is 10.2 Å². The Morgan fingerprint density at radius 2 is 2.05 bits per heavy atom. The zero-order chi connectivity index (χ0) is 16.6. The number of alkyl halides is 3. The van der Waals surface area contributed by atoms with Crippen LogP contribution in [-0.2, 0) is 4.74 Å². The van der Waals surface area contributed by atoms with Gasteiger partial charge in [-0.15, -0.1) is 5.10 Å². The predicted molar refractivity (Wildman–Crippen MR) is 71.9 cm³/mol. The Morgan fingerprint density at radius 1 is 1.48 bits per heavy atom. The molecule has 0 aliphatic carbocycles. The molecule has 0 saturated heterocycles. The van der Waals surface area contributed by atoms with Crippen LogP contribution >= 0.6 is 0 Å². The van der Waals surface area contributed by atoms with Gasteiger partial charge in [-0.1, -0.05) is 6.58 Å². The van der Waals surface area contributed by atoms with E-state index in [2.05, 4.69) is 26.8 Å². The molecule has 0 unspecified atom stereocenters. The largest absolute Gasteiger partial charge is 0.463 e. The Morgan fingerprint density at radius 3 is 2.43 bits per heavy atom. The molecule has 0 aliphatic heterocycles. The summed E-state index contributed by atoms with van der Waals surface area (Å²) >= 11 is 0. The molecule has 1 atom stereocenters. The molecule has 0 spiro atoms. The first kappa shape index (κ1) is 18.9. The molecule has 0 radical (unpaired) electrons. The SMILES string of the molecule is C=C/C(F)=C(/O[C@@H](C)C(F)(F)F)N(C)/N=C(\C=N/C)NN. The number of nitrogens with zero attached hydrogens (tertiary/aromatic N) is 3. The van der Waals surface area contributed by atoms with Gasteiger partial charge in [-0.25, -0.2) is 15.2 Å². The molecule has 0 rings (SSSR count). The Bertz CT molecular complexity index is 444. The highest BCUT2D eigenvalue weighted by molar-refractivity contribution is 6.29. The molecule has 0 aromatic heterocycles. The summed E-state index contributed by atoms with van der Waals surface area (Å²) in [5.74, 6) is 3.25. The average Bonchev–Trinajstić information content (AvgIpc) is 2.41. The fourth-order valence-electron chi connectivity index (χ4n) is 1.03. The van der Waals surface area contributed by atoms with Gasteiger partial charge in [-0.3, -0.25) is 4.99 Å². The van der Waals surface area contributed by atoms with Gasteiger partial charge in [0.2, 0.25) is 5.88 Å². The molecule has 0 amide bonds. The van der Waals surface area contributed by atoms with Crippen molar-refractivity contribution in [3.05, 3.63) is 24.4 Å². The smallest absolute Gasteiger partial charge is 0.425 e. The molecule has 120 valence electrons. The van der Waals surface area contributed by atoms with E-state index >= 15 is 0 Å². The minimum Gasteiger partial charge on any atom is -0.463 e. The fraction of sp³-hybridized carbons (Fsp3) is 0.455. The van der Waals surface area contributed by atoms with E-state index in [0.717, 1.165) is 11.9 Å². The van der Waals surface area contributed by atoms with Crippen LogP contribution in [0.15, 0.2) is 34.5 Å². The van der Waals surface area contributed by atoms with Gasteiger partial charge in [0.05, 0.1) is 6.21 Å². The van der Waals surface area contributed by atoms with Gasteiger partial charge >= 0.3 is 6.18 Å². The van der Waals surface area contributed by atoms with Crippen molar-refractivity contribution in [2.75, 3.05) is 14.1 Å². The highest BCUT2D eigenvalue weighted by Crippen LogP contribution is 2.26. The number of hydrogen-bond donors (Lipinski definition) is 2. The molecule has 6 nitrogen and oxygen atoms in total. The number of ether oxygens (including phenoxy) is 1. The zero-order valence-electron chi connectivity index (χ0n) is 11.8. The van der Waals surface area contributed by atoms with Crippen LogP contribution in [0.5, 0.6) is 0 Å². The molecule has 0 fully saturated rings. The molecule has 21 heavy (non-hydrogen) atoms. The molecular formula is C11H17F4N5O. The minimum absolute atomic E-state index is 0.0161. The monoisotopic (exact) mass is 311 g/mol. The Kier molecular flexibility index (Phi) is 7.42. The minimum atomic E-state index is -4.66. The van der Waals surface area contributed by atoms with Crippen molar-refractivity contribution in [1.29, 1.82) is 0 Å². The van der Waals surface area contributed by atoms with Gasteiger partial charge in [0.15, 0.2) is 17.8 Å². The summed E-state index contributed by atoms with van der Waals surface area (Å²) in [6, 6.07) is 0. The van der Waals surface area contributed by atoms with E-state index in [-0.39, 0.29) is 5.84 Å². The first-order valence-corrected chi connectivity index (χ1v) is 5.64. The molecule has 0 aromatic carbocycles. The van der Waals surface area contributed by atoms with E-state index < -0.39 is 24.0 Å². The summed E-state index contributed by atoms with van der Waals surface area (Å²) in [4.78, 5) is 3.61. The standard InChI is InChI=1S/C11H17F4N5O/c1-5-8(12)10(21-7(2)11(13,14)15)20(4)19-9(18-16)6-17-3/h5-7H,1,16H2,2-4H3,(H,18,19)/b10-8-,17-6-/t7-/m0/s1. The fourth-order valence-corrected chi connectivity index (χ4v) is 1.03. The normalized spacial score (nSPS) is 15.5. The number of rotatable bonds is 6. The van der Waals surface area contributed by atoms with Crippen LogP contribution in [0, 0.1) is 0 Å².